The van der Waals surface area contributed by atoms with Gasteiger partial charge in [-0.3, -0.25) is 9.69 Å². The largest absolute Gasteiger partial charge is 0.339 e. The second-order valence-electron chi connectivity index (χ2n) is 5.37. The third kappa shape index (κ3) is 5.16. The lowest BCUT2D eigenvalue weighted by Crippen LogP contribution is -2.49. The summed E-state index contributed by atoms with van der Waals surface area (Å²) in [7, 11) is 0. The topological polar surface area (TPSA) is 62.5 Å². The number of hydrogen-bond acceptors (Lipinski definition) is 5. The zero-order valence-electron chi connectivity index (χ0n) is 13.3. The van der Waals surface area contributed by atoms with E-state index in [4.69, 9.17) is 10.7 Å². The minimum absolute atomic E-state index is 0. The number of benzene rings is 1. The number of carbonyl (C=O) groups excluding carboxylic acids is 1. The number of thiazole rings is 1. The SMILES string of the molecule is Cl.Cl.NCC(=O)N1CCN(Cc2csc(-c3ccccc3)n2)CC1. The van der Waals surface area contributed by atoms with Crippen molar-refractivity contribution in [1.82, 2.24) is 14.8 Å². The van der Waals surface area contributed by atoms with Gasteiger partial charge < -0.3 is 10.6 Å². The smallest absolute Gasteiger partial charge is 0.236 e. The first kappa shape index (κ1) is 20.9. The van der Waals surface area contributed by atoms with Crippen molar-refractivity contribution in [1.29, 1.82) is 0 Å². The van der Waals surface area contributed by atoms with Crippen LogP contribution in [0.3, 0.4) is 0 Å². The molecule has 0 atom stereocenters. The molecule has 1 saturated heterocycles. The summed E-state index contributed by atoms with van der Waals surface area (Å²) in [6.07, 6.45) is 0. The first-order valence-electron chi connectivity index (χ1n) is 7.46. The Labute approximate surface area is 158 Å². The molecule has 1 aliphatic rings. The summed E-state index contributed by atoms with van der Waals surface area (Å²) in [5.41, 5.74) is 7.67. The molecule has 132 valence electrons. The number of nitrogens with zero attached hydrogens (tertiary/aromatic N) is 3. The van der Waals surface area contributed by atoms with Crippen LogP contribution in [0.5, 0.6) is 0 Å². The monoisotopic (exact) mass is 388 g/mol. The highest BCUT2D eigenvalue weighted by Crippen LogP contribution is 2.24. The van der Waals surface area contributed by atoms with Crippen molar-refractivity contribution in [2.75, 3.05) is 32.7 Å². The van der Waals surface area contributed by atoms with Crippen LogP contribution in [0.1, 0.15) is 5.69 Å². The van der Waals surface area contributed by atoms with Crippen molar-refractivity contribution in [2.24, 2.45) is 5.73 Å². The third-order valence-corrected chi connectivity index (χ3v) is 4.80. The number of halogens is 2. The van der Waals surface area contributed by atoms with Crippen LogP contribution >= 0.6 is 36.2 Å². The lowest BCUT2D eigenvalue weighted by molar-refractivity contribution is -0.131. The molecular formula is C16H22Cl2N4OS. The van der Waals surface area contributed by atoms with E-state index in [1.165, 1.54) is 0 Å². The second kappa shape index (κ2) is 9.96. The zero-order valence-corrected chi connectivity index (χ0v) is 15.7. The Morgan fingerprint density at radius 1 is 1.12 bits per heavy atom. The maximum atomic E-state index is 11.6. The molecule has 24 heavy (non-hydrogen) atoms. The van der Waals surface area contributed by atoms with Gasteiger partial charge in [-0.1, -0.05) is 30.3 Å². The van der Waals surface area contributed by atoms with Gasteiger partial charge in [0.1, 0.15) is 5.01 Å². The highest BCUT2D eigenvalue weighted by molar-refractivity contribution is 7.13. The predicted molar refractivity (Wildman–Crippen MR) is 103 cm³/mol. The van der Waals surface area contributed by atoms with Gasteiger partial charge in [0.25, 0.3) is 0 Å². The Morgan fingerprint density at radius 2 is 1.79 bits per heavy atom. The van der Waals surface area contributed by atoms with Gasteiger partial charge in [0.05, 0.1) is 12.2 Å². The molecule has 0 saturated carbocycles. The fraction of sp³-hybridized carbons (Fsp3) is 0.375. The quantitative estimate of drug-likeness (QED) is 0.872. The number of aromatic nitrogens is 1. The summed E-state index contributed by atoms with van der Waals surface area (Å²) >= 11 is 1.68. The van der Waals surface area contributed by atoms with E-state index in [2.05, 4.69) is 22.4 Å². The van der Waals surface area contributed by atoms with Crippen molar-refractivity contribution in [3.63, 3.8) is 0 Å². The number of amides is 1. The van der Waals surface area contributed by atoms with Gasteiger partial charge in [0.15, 0.2) is 0 Å². The second-order valence-corrected chi connectivity index (χ2v) is 6.23. The molecule has 1 aromatic carbocycles. The molecule has 1 aromatic heterocycles. The zero-order chi connectivity index (χ0) is 15.4. The Balaban J connectivity index is 0.00000144. The molecule has 2 heterocycles. The van der Waals surface area contributed by atoms with Gasteiger partial charge >= 0.3 is 0 Å². The average Bonchev–Trinajstić information content (AvgIpc) is 3.04. The lowest BCUT2D eigenvalue weighted by Gasteiger charge is -2.34. The van der Waals surface area contributed by atoms with Crippen molar-refractivity contribution >= 4 is 42.1 Å². The van der Waals surface area contributed by atoms with Crippen molar-refractivity contribution in [3.05, 3.63) is 41.4 Å². The van der Waals surface area contributed by atoms with E-state index in [9.17, 15) is 4.79 Å². The number of nitrogens with two attached hydrogens (primary N) is 1. The average molecular weight is 389 g/mol. The van der Waals surface area contributed by atoms with Gasteiger partial charge in [0, 0.05) is 43.7 Å². The van der Waals surface area contributed by atoms with Crippen LogP contribution < -0.4 is 5.73 Å². The summed E-state index contributed by atoms with van der Waals surface area (Å²) in [4.78, 5) is 20.5. The van der Waals surface area contributed by atoms with Gasteiger partial charge in [0.2, 0.25) is 5.91 Å². The number of carbonyl (C=O) groups is 1. The number of rotatable bonds is 4. The van der Waals surface area contributed by atoms with Crippen molar-refractivity contribution in [2.45, 2.75) is 6.54 Å². The molecule has 2 N–H and O–H groups in total. The van der Waals surface area contributed by atoms with E-state index in [1.807, 2.05) is 23.1 Å². The van der Waals surface area contributed by atoms with Gasteiger partial charge in [-0.05, 0) is 0 Å². The number of piperazine rings is 1. The minimum atomic E-state index is 0. The summed E-state index contributed by atoms with van der Waals surface area (Å²) in [6.45, 7) is 4.21. The van der Waals surface area contributed by atoms with Crippen LogP contribution in [0, 0.1) is 0 Å². The van der Waals surface area contributed by atoms with Gasteiger partial charge in [-0.25, -0.2) is 4.98 Å². The summed E-state index contributed by atoms with van der Waals surface area (Å²) in [5, 5.41) is 3.19. The molecule has 0 unspecified atom stereocenters. The Bertz CT molecular complexity index is 630. The first-order chi connectivity index (χ1) is 10.8. The molecule has 8 heteroatoms. The highest BCUT2D eigenvalue weighted by atomic mass is 35.5. The van der Waals surface area contributed by atoms with Crippen LogP contribution in [-0.4, -0.2) is 53.4 Å². The van der Waals surface area contributed by atoms with E-state index < -0.39 is 0 Å². The normalized spacial score (nSPS) is 14.6. The molecular weight excluding hydrogens is 367 g/mol. The molecule has 1 amide bonds. The molecule has 2 aromatic rings. The predicted octanol–water partition coefficient (Wildman–Crippen LogP) is 2.26. The molecule has 0 bridgehead atoms. The third-order valence-electron chi connectivity index (χ3n) is 3.86. The van der Waals surface area contributed by atoms with Crippen molar-refractivity contribution < 1.29 is 4.79 Å². The van der Waals surface area contributed by atoms with Crippen LogP contribution in [0.4, 0.5) is 0 Å². The molecule has 5 nitrogen and oxygen atoms in total. The van der Waals surface area contributed by atoms with E-state index >= 15 is 0 Å². The van der Waals surface area contributed by atoms with Gasteiger partial charge in [-0.2, -0.15) is 0 Å². The van der Waals surface area contributed by atoms with E-state index in [0.717, 1.165) is 49.0 Å². The Hall–Kier alpha value is -1.18. The first-order valence-corrected chi connectivity index (χ1v) is 8.34. The molecule has 0 radical (unpaired) electrons. The standard InChI is InChI=1S/C16H20N4OS.2ClH/c17-10-15(21)20-8-6-19(7-9-20)11-14-12-22-16(18-14)13-4-2-1-3-5-13;;/h1-5,12H,6-11,17H2;2*1H. The summed E-state index contributed by atoms with van der Waals surface area (Å²) in [6, 6.07) is 10.2. The highest BCUT2D eigenvalue weighted by Gasteiger charge is 2.20. The fourth-order valence-corrected chi connectivity index (χ4v) is 3.42. The van der Waals surface area contributed by atoms with Crippen LogP contribution in [-0.2, 0) is 11.3 Å². The summed E-state index contributed by atoms with van der Waals surface area (Å²) in [5.74, 6) is 0.0414. The Morgan fingerprint density at radius 3 is 2.42 bits per heavy atom. The van der Waals surface area contributed by atoms with Gasteiger partial charge in [-0.15, -0.1) is 36.2 Å². The maximum absolute atomic E-state index is 11.6. The van der Waals surface area contributed by atoms with E-state index in [1.54, 1.807) is 11.3 Å². The van der Waals surface area contributed by atoms with Crippen LogP contribution in [0.2, 0.25) is 0 Å². The molecule has 3 rings (SSSR count). The Kier molecular flexibility index (Phi) is 8.66. The van der Waals surface area contributed by atoms with Crippen LogP contribution in [0.15, 0.2) is 35.7 Å². The molecule has 1 fully saturated rings. The molecule has 0 aliphatic carbocycles. The van der Waals surface area contributed by atoms with E-state index in [-0.39, 0.29) is 37.3 Å². The fourth-order valence-electron chi connectivity index (χ4n) is 2.61. The van der Waals surface area contributed by atoms with E-state index in [0.29, 0.717) is 0 Å². The maximum Gasteiger partial charge on any atom is 0.236 e. The van der Waals surface area contributed by atoms with Crippen molar-refractivity contribution in [3.8, 4) is 10.6 Å². The van der Waals surface area contributed by atoms with Crippen LogP contribution in [0.25, 0.3) is 10.6 Å². The lowest BCUT2D eigenvalue weighted by atomic mass is 10.2. The molecule has 0 spiro atoms. The summed E-state index contributed by atoms with van der Waals surface area (Å²) < 4.78 is 0. The molecule has 1 aliphatic heterocycles. The minimum Gasteiger partial charge on any atom is -0.339 e. The number of hydrogen-bond donors (Lipinski definition) is 1.